The third-order valence-corrected chi connectivity index (χ3v) is 1.85. The van der Waals surface area contributed by atoms with Crippen molar-refractivity contribution in [1.29, 1.82) is 0 Å². The molecule has 0 radical (unpaired) electrons. The Hall–Kier alpha value is -0.980. The Morgan fingerprint density at radius 1 is 1.50 bits per heavy atom. The van der Waals surface area contributed by atoms with Crippen molar-refractivity contribution in [2.45, 2.75) is 32.8 Å². The van der Waals surface area contributed by atoms with Crippen LogP contribution in [-0.4, -0.2) is 6.10 Å². The summed E-state index contributed by atoms with van der Waals surface area (Å²) < 4.78 is 5.20. The van der Waals surface area contributed by atoms with Gasteiger partial charge in [0.25, 0.3) is 0 Å². The zero-order valence-corrected chi connectivity index (χ0v) is 8.05. The van der Waals surface area contributed by atoms with Crippen molar-refractivity contribution in [1.82, 2.24) is 0 Å². The summed E-state index contributed by atoms with van der Waals surface area (Å²) in [6.07, 6.45) is 7.54. The van der Waals surface area contributed by atoms with Gasteiger partial charge in [-0.2, -0.15) is 0 Å². The molecule has 1 nitrogen and oxygen atoms in total. The predicted octanol–water partition coefficient (Wildman–Crippen LogP) is 3.45. The van der Waals surface area contributed by atoms with Crippen LogP contribution in [0.2, 0.25) is 0 Å². The fourth-order valence-corrected chi connectivity index (χ4v) is 0.879. The Bertz CT molecular complexity index is 168. The van der Waals surface area contributed by atoms with Crippen molar-refractivity contribution >= 4 is 0 Å². The molecule has 0 spiro atoms. The van der Waals surface area contributed by atoms with E-state index in [1.165, 1.54) is 11.8 Å². The number of hydrogen-bond donors (Lipinski definition) is 0. The van der Waals surface area contributed by atoms with Gasteiger partial charge in [-0.15, -0.1) is 0 Å². The lowest BCUT2D eigenvalue weighted by Crippen LogP contribution is -2.05. The second-order valence-corrected chi connectivity index (χ2v) is 2.75. The van der Waals surface area contributed by atoms with E-state index in [9.17, 15) is 0 Å². The molecule has 0 saturated heterocycles. The molecule has 1 unspecified atom stereocenters. The smallest absolute Gasteiger partial charge is 0.116 e. The van der Waals surface area contributed by atoms with Gasteiger partial charge in [0, 0.05) is 0 Å². The SMILES string of the molecule is C=COC(C=C)CC/C(C)=C\C. The zero-order chi connectivity index (χ0) is 9.40. The summed E-state index contributed by atoms with van der Waals surface area (Å²) in [6, 6.07) is 0. The van der Waals surface area contributed by atoms with E-state index >= 15 is 0 Å². The molecule has 0 N–H and O–H groups in total. The lowest BCUT2D eigenvalue weighted by atomic mass is 10.1. The third-order valence-electron chi connectivity index (χ3n) is 1.85. The first kappa shape index (κ1) is 11.0. The van der Waals surface area contributed by atoms with Gasteiger partial charge in [0.2, 0.25) is 0 Å². The highest BCUT2D eigenvalue weighted by molar-refractivity contribution is 4.97. The van der Waals surface area contributed by atoms with Crippen LogP contribution in [0.5, 0.6) is 0 Å². The van der Waals surface area contributed by atoms with Gasteiger partial charge in [0.1, 0.15) is 6.10 Å². The minimum Gasteiger partial charge on any atom is -0.495 e. The van der Waals surface area contributed by atoms with Crippen LogP contribution in [0.25, 0.3) is 0 Å². The van der Waals surface area contributed by atoms with Gasteiger partial charge >= 0.3 is 0 Å². The largest absolute Gasteiger partial charge is 0.495 e. The molecule has 0 saturated carbocycles. The van der Waals surface area contributed by atoms with E-state index in [4.69, 9.17) is 4.74 Å². The summed E-state index contributed by atoms with van der Waals surface area (Å²) in [4.78, 5) is 0. The molecule has 1 heteroatoms. The minimum absolute atomic E-state index is 0.109. The topological polar surface area (TPSA) is 9.23 Å². The van der Waals surface area contributed by atoms with Crippen molar-refractivity contribution in [3.8, 4) is 0 Å². The van der Waals surface area contributed by atoms with Crippen molar-refractivity contribution in [3.63, 3.8) is 0 Å². The lowest BCUT2D eigenvalue weighted by molar-refractivity contribution is 0.179. The van der Waals surface area contributed by atoms with E-state index in [0.717, 1.165) is 12.8 Å². The van der Waals surface area contributed by atoms with E-state index in [0.29, 0.717) is 0 Å². The minimum atomic E-state index is 0.109. The fraction of sp³-hybridized carbons (Fsp3) is 0.455. The number of rotatable bonds is 6. The summed E-state index contributed by atoms with van der Waals surface area (Å²) >= 11 is 0. The maximum Gasteiger partial charge on any atom is 0.116 e. The summed E-state index contributed by atoms with van der Waals surface area (Å²) in [5.74, 6) is 0. The summed E-state index contributed by atoms with van der Waals surface area (Å²) in [6.45, 7) is 11.4. The molecule has 0 amide bonds. The van der Waals surface area contributed by atoms with Crippen LogP contribution in [0.3, 0.4) is 0 Å². The van der Waals surface area contributed by atoms with Crippen molar-refractivity contribution < 1.29 is 4.74 Å². The molecule has 0 aliphatic heterocycles. The number of allylic oxidation sites excluding steroid dienone is 2. The van der Waals surface area contributed by atoms with Crippen LogP contribution in [0.4, 0.5) is 0 Å². The zero-order valence-electron chi connectivity index (χ0n) is 8.05. The van der Waals surface area contributed by atoms with E-state index in [1.54, 1.807) is 0 Å². The molecule has 0 bridgehead atoms. The van der Waals surface area contributed by atoms with Crippen molar-refractivity contribution in [2.24, 2.45) is 0 Å². The summed E-state index contributed by atoms with van der Waals surface area (Å²) in [7, 11) is 0. The first-order chi connectivity index (χ1) is 5.74. The summed E-state index contributed by atoms with van der Waals surface area (Å²) in [5.41, 5.74) is 1.38. The normalized spacial score (nSPS) is 13.7. The predicted molar refractivity (Wildman–Crippen MR) is 53.9 cm³/mol. The van der Waals surface area contributed by atoms with Crippen LogP contribution in [0.1, 0.15) is 26.7 Å². The Morgan fingerprint density at radius 3 is 2.58 bits per heavy atom. The Morgan fingerprint density at radius 2 is 2.17 bits per heavy atom. The van der Waals surface area contributed by atoms with Gasteiger partial charge < -0.3 is 4.74 Å². The molecule has 0 heterocycles. The second-order valence-electron chi connectivity index (χ2n) is 2.75. The van der Waals surface area contributed by atoms with E-state index in [1.807, 2.05) is 13.0 Å². The highest BCUT2D eigenvalue weighted by Crippen LogP contribution is 2.09. The van der Waals surface area contributed by atoms with Gasteiger partial charge in [0.05, 0.1) is 6.26 Å². The standard InChI is InChI=1S/C11H18O/c1-5-10(4)8-9-11(6-2)12-7-3/h5-7,11H,2-3,8-9H2,1,4H3/b10-5-. The van der Waals surface area contributed by atoms with E-state index < -0.39 is 0 Å². The maximum absolute atomic E-state index is 5.20. The fourth-order valence-electron chi connectivity index (χ4n) is 0.879. The van der Waals surface area contributed by atoms with Gasteiger partial charge in [-0.05, 0) is 26.7 Å². The molecule has 0 aromatic heterocycles. The first-order valence-electron chi connectivity index (χ1n) is 4.25. The van der Waals surface area contributed by atoms with Crippen LogP contribution >= 0.6 is 0 Å². The van der Waals surface area contributed by atoms with Gasteiger partial charge in [-0.3, -0.25) is 0 Å². The molecular weight excluding hydrogens is 148 g/mol. The Labute approximate surface area is 75.4 Å². The third kappa shape index (κ3) is 4.78. The van der Waals surface area contributed by atoms with Crippen LogP contribution < -0.4 is 0 Å². The molecule has 0 aliphatic rings. The molecule has 0 aliphatic carbocycles. The van der Waals surface area contributed by atoms with Crippen molar-refractivity contribution in [2.75, 3.05) is 0 Å². The van der Waals surface area contributed by atoms with Crippen LogP contribution in [0.15, 0.2) is 37.1 Å². The van der Waals surface area contributed by atoms with Crippen LogP contribution in [-0.2, 0) is 4.74 Å². The Balaban J connectivity index is 3.71. The van der Waals surface area contributed by atoms with Crippen LogP contribution in [0, 0.1) is 0 Å². The molecule has 0 fully saturated rings. The highest BCUT2D eigenvalue weighted by atomic mass is 16.5. The molecular formula is C11H18O. The van der Waals surface area contributed by atoms with E-state index in [2.05, 4.69) is 26.2 Å². The maximum atomic E-state index is 5.20. The molecule has 1 atom stereocenters. The van der Waals surface area contributed by atoms with Gasteiger partial charge in [-0.1, -0.05) is 30.9 Å². The van der Waals surface area contributed by atoms with E-state index in [-0.39, 0.29) is 6.10 Å². The molecule has 68 valence electrons. The molecule has 0 aromatic rings. The summed E-state index contributed by atoms with van der Waals surface area (Å²) in [5, 5.41) is 0. The second kappa shape index (κ2) is 6.71. The average Bonchev–Trinajstić information content (AvgIpc) is 2.11. The molecule has 0 aromatic carbocycles. The average molecular weight is 166 g/mol. The van der Waals surface area contributed by atoms with Gasteiger partial charge in [-0.25, -0.2) is 0 Å². The lowest BCUT2D eigenvalue weighted by Gasteiger charge is -2.11. The molecule has 0 rings (SSSR count). The first-order valence-corrected chi connectivity index (χ1v) is 4.25. The highest BCUT2D eigenvalue weighted by Gasteiger charge is 2.01. The van der Waals surface area contributed by atoms with Crippen molar-refractivity contribution in [3.05, 3.63) is 37.1 Å². The molecule has 12 heavy (non-hydrogen) atoms. The van der Waals surface area contributed by atoms with Gasteiger partial charge in [0.15, 0.2) is 0 Å². The quantitative estimate of drug-likeness (QED) is 0.434. The number of hydrogen-bond acceptors (Lipinski definition) is 1. The monoisotopic (exact) mass is 166 g/mol. The Kier molecular flexibility index (Phi) is 6.16. The number of ether oxygens (including phenoxy) is 1.